The third kappa shape index (κ3) is 5.13. The molecule has 1 aromatic heterocycles. The third-order valence-corrected chi connectivity index (χ3v) is 6.62. The number of aromatic nitrogens is 3. The molecule has 2 N–H and O–H groups in total. The van der Waals surface area contributed by atoms with Crippen LogP contribution in [0, 0.1) is 0 Å². The van der Waals surface area contributed by atoms with Gasteiger partial charge in [0.1, 0.15) is 16.5 Å². The summed E-state index contributed by atoms with van der Waals surface area (Å²) >= 11 is 19.2. The lowest BCUT2D eigenvalue weighted by Gasteiger charge is -2.17. The first kappa shape index (κ1) is 25.0. The van der Waals surface area contributed by atoms with E-state index in [4.69, 9.17) is 45.3 Å². The largest absolute Gasteiger partial charge is 0.495 e. The first-order chi connectivity index (χ1) is 16.8. The lowest BCUT2D eigenvalue weighted by atomic mass is 10.1. The van der Waals surface area contributed by atoms with E-state index in [1.807, 2.05) is 30.3 Å². The fraction of sp³-hybridized carbons (Fsp3) is 0.160. The molecule has 0 saturated carbocycles. The zero-order valence-electron chi connectivity index (χ0n) is 18.6. The third-order valence-electron chi connectivity index (χ3n) is 5.53. The van der Waals surface area contributed by atoms with Crippen LogP contribution in [0.1, 0.15) is 22.9 Å². The zero-order valence-corrected chi connectivity index (χ0v) is 20.9. The maximum atomic E-state index is 13.5. The molecule has 4 rings (SSSR count). The number of benzene rings is 3. The Morgan fingerprint density at radius 3 is 2.26 bits per heavy atom. The first-order valence-electron chi connectivity index (χ1n) is 10.6. The van der Waals surface area contributed by atoms with Crippen LogP contribution in [-0.4, -0.2) is 21.5 Å². The van der Waals surface area contributed by atoms with Crippen LogP contribution in [0.15, 0.2) is 76.3 Å². The SMILES string of the molecule is COc1cccc(-n2nc(Cc3c(Cl)cccc3Cl)c(=O)n(CC(N)c3ccccc3)c2=O)c1Cl. The predicted octanol–water partition coefficient (Wildman–Crippen LogP) is 4.65. The summed E-state index contributed by atoms with van der Waals surface area (Å²) in [4.78, 5) is 27.0. The summed E-state index contributed by atoms with van der Waals surface area (Å²) < 4.78 is 7.41. The Morgan fingerprint density at radius 1 is 0.943 bits per heavy atom. The van der Waals surface area contributed by atoms with Crippen LogP contribution in [0.3, 0.4) is 0 Å². The van der Waals surface area contributed by atoms with Crippen molar-refractivity contribution in [3.63, 3.8) is 0 Å². The van der Waals surface area contributed by atoms with Crippen molar-refractivity contribution in [2.75, 3.05) is 7.11 Å². The molecule has 0 spiro atoms. The average Bonchev–Trinajstić information content (AvgIpc) is 2.86. The summed E-state index contributed by atoms with van der Waals surface area (Å²) in [5.41, 5.74) is 6.68. The number of halogens is 3. The highest BCUT2D eigenvalue weighted by molar-refractivity contribution is 6.36. The molecule has 0 amide bonds. The van der Waals surface area contributed by atoms with Crippen LogP contribution in [0.5, 0.6) is 5.75 Å². The van der Waals surface area contributed by atoms with Crippen LogP contribution >= 0.6 is 34.8 Å². The van der Waals surface area contributed by atoms with Crippen molar-refractivity contribution in [1.29, 1.82) is 0 Å². The van der Waals surface area contributed by atoms with Crippen molar-refractivity contribution in [2.24, 2.45) is 5.73 Å². The zero-order chi connectivity index (χ0) is 25.1. The van der Waals surface area contributed by atoms with E-state index in [0.29, 0.717) is 21.4 Å². The van der Waals surface area contributed by atoms with Gasteiger partial charge < -0.3 is 10.5 Å². The number of ether oxygens (including phenoxy) is 1. The molecule has 1 heterocycles. The first-order valence-corrected chi connectivity index (χ1v) is 11.7. The van der Waals surface area contributed by atoms with E-state index in [9.17, 15) is 9.59 Å². The minimum Gasteiger partial charge on any atom is -0.495 e. The monoisotopic (exact) mass is 530 g/mol. The van der Waals surface area contributed by atoms with Crippen LogP contribution in [0.25, 0.3) is 5.69 Å². The molecule has 35 heavy (non-hydrogen) atoms. The fourth-order valence-corrected chi connectivity index (χ4v) is 4.50. The van der Waals surface area contributed by atoms with E-state index in [2.05, 4.69) is 5.10 Å². The van der Waals surface area contributed by atoms with Gasteiger partial charge in [-0.05, 0) is 35.4 Å². The second-order valence-electron chi connectivity index (χ2n) is 7.74. The van der Waals surface area contributed by atoms with Crippen molar-refractivity contribution >= 4 is 34.8 Å². The van der Waals surface area contributed by atoms with Crippen molar-refractivity contribution in [1.82, 2.24) is 14.3 Å². The molecular formula is C25H21Cl3N4O3. The quantitative estimate of drug-likeness (QED) is 0.375. The van der Waals surface area contributed by atoms with E-state index < -0.39 is 17.3 Å². The molecule has 3 aromatic carbocycles. The van der Waals surface area contributed by atoms with Gasteiger partial charge in [-0.15, -0.1) is 0 Å². The van der Waals surface area contributed by atoms with Gasteiger partial charge >= 0.3 is 5.69 Å². The average molecular weight is 532 g/mol. The van der Waals surface area contributed by atoms with Gasteiger partial charge in [-0.25, -0.2) is 4.79 Å². The Balaban J connectivity index is 1.91. The topological polar surface area (TPSA) is 92.1 Å². The summed E-state index contributed by atoms with van der Waals surface area (Å²) in [5.74, 6) is 0.354. The van der Waals surface area contributed by atoms with Gasteiger partial charge in [-0.2, -0.15) is 9.78 Å². The standard InChI is InChI=1S/C25H21Cl3N4O3/c1-35-22-12-6-11-21(23(22)28)32-25(34)31(14-19(29)15-7-3-2-4-8-15)24(33)20(30-32)13-16-17(26)9-5-10-18(16)27/h2-12,19H,13-14,29H2,1H3. The van der Waals surface area contributed by atoms with Crippen LogP contribution in [0.4, 0.5) is 0 Å². The highest BCUT2D eigenvalue weighted by Crippen LogP contribution is 2.30. The van der Waals surface area contributed by atoms with Gasteiger partial charge in [0.25, 0.3) is 5.56 Å². The smallest absolute Gasteiger partial charge is 0.352 e. The Kier molecular flexibility index (Phi) is 7.62. The van der Waals surface area contributed by atoms with E-state index in [-0.39, 0.29) is 29.4 Å². The van der Waals surface area contributed by atoms with E-state index in [1.165, 1.54) is 7.11 Å². The van der Waals surface area contributed by atoms with Crippen molar-refractivity contribution in [3.8, 4) is 11.4 Å². The Bertz CT molecular complexity index is 1470. The minimum atomic E-state index is -0.689. The Morgan fingerprint density at radius 2 is 1.60 bits per heavy atom. The van der Waals surface area contributed by atoms with Crippen LogP contribution in [0.2, 0.25) is 15.1 Å². The summed E-state index contributed by atoms with van der Waals surface area (Å²) in [7, 11) is 1.46. The molecule has 180 valence electrons. The molecule has 0 aliphatic carbocycles. The normalized spacial score (nSPS) is 11.9. The van der Waals surface area contributed by atoms with Gasteiger partial charge in [0, 0.05) is 22.5 Å². The van der Waals surface area contributed by atoms with E-state index >= 15 is 0 Å². The number of nitrogens with two attached hydrogens (primary N) is 1. The number of methoxy groups -OCH3 is 1. The van der Waals surface area contributed by atoms with Gasteiger partial charge in [0.2, 0.25) is 0 Å². The highest BCUT2D eigenvalue weighted by atomic mass is 35.5. The summed E-state index contributed by atoms with van der Waals surface area (Å²) in [6, 6.07) is 18.6. The lowest BCUT2D eigenvalue weighted by molar-refractivity contribution is 0.414. The number of hydrogen-bond acceptors (Lipinski definition) is 5. The molecule has 0 aliphatic heterocycles. The van der Waals surface area contributed by atoms with Gasteiger partial charge in [0.15, 0.2) is 0 Å². The molecular weight excluding hydrogens is 511 g/mol. The van der Waals surface area contributed by atoms with Crippen LogP contribution in [-0.2, 0) is 13.0 Å². The second-order valence-corrected chi connectivity index (χ2v) is 8.94. The Labute approximate surface area is 216 Å². The molecule has 1 unspecified atom stereocenters. The van der Waals surface area contributed by atoms with Gasteiger partial charge in [-0.1, -0.05) is 77.3 Å². The maximum Gasteiger partial charge on any atom is 0.352 e. The van der Waals surface area contributed by atoms with E-state index in [1.54, 1.807) is 36.4 Å². The molecule has 1 atom stereocenters. The highest BCUT2D eigenvalue weighted by Gasteiger charge is 2.21. The fourth-order valence-electron chi connectivity index (χ4n) is 3.68. The molecule has 10 heteroatoms. The number of hydrogen-bond donors (Lipinski definition) is 1. The van der Waals surface area contributed by atoms with Crippen molar-refractivity contribution in [3.05, 3.63) is 119 Å². The van der Waals surface area contributed by atoms with Crippen molar-refractivity contribution in [2.45, 2.75) is 19.0 Å². The number of rotatable bonds is 7. The molecule has 0 saturated heterocycles. The molecule has 0 radical (unpaired) electrons. The molecule has 0 bridgehead atoms. The Hall–Kier alpha value is -3.10. The molecule has 7 nitrogen and oxygen atoms in total. The predicted molar refractivity (Wildman–Crippen MR) is 138 cm³/mol. The van der Waals surface area contributed by atoms with Crippen LogP contribution < -0.4 is 21.7 Å². The van der Waals surface area contributed by atoms with E-state index in [0.717, 1.165) is 14.8 Å². The second kappa shape index (κ2) is 10.7. The summed E-state index contributed by atoms with van der Waals surface area (Å²) in [6.07, 6.45) is -0.000216. The van der Waals surface area contributed by atoms with Crippen molar-refractivity contribution < 1.29 is 4.74 Å². The van der Waals surface area contributed by atoms with Gasteiger partial charge in [0.05, 0.1) is 19.3 Å². The minimum absolute atomic E-state index is 0.000216. The molecule has 0 fully saturated rings. The molecule has 0 aliphatic rings. The lowest BCUT2D eigenvalue weighted by Crippen LogP contribution is -2.44. The summed E-state index contributed by atoms with van der Waals surface area (Å²) in [5, 5.41) is 5.30. The number of nitrogens with zero attached hydrogens (tertiary/aromatic N) is 3. The summed E-state index contributed by atoms with van der Waals surface area (Å²) in [6.45, 7) is -0.0744. The molecule has 4 aromatic rings. The van der Waals surface area contributed by atoms with Gasteiger partial charge in [-0.3, -0.25) is 9.36 Å². The maximum absolute atomic E-state index is 13.5.